The lowest BCUT2D eigenvalue weighted by Crippen LogP contribution is -2.35. The van der Waals surface area contributed by atoms with E-state index in [1.54, 1.807) is 6.92 Å². The maximum Gasteiger partial charge on any atom is 0.252 e. The van der Waals surface area contributed by atoms with Crippen LogP contribution in [0.25, 0.3) is 0 Å². The van der Waals surface area contributed by atoms with E-state index in [4.69, 9.17) is 11.5 Å². The van der Waals surface area contributed by atoms with Gasteiger partial charge in [0.15, 0.2) is 0 Å². The molecular weight excluding hydrogens is 305 g/mol. The van der Waals surface area contributed by atoms with Crippen LogP contribution in [0.3, 0.4) is 0 Å². The Morgan fingerprint density at radius 1 is 1.50 bits per heavy atom. The first-order valence-corrected chi connectivity index (χ1v) is 5.94. The highest BCUT2D eigenvalue weighted by Crippen LogP contribution is 2.22. The molecule has 7 heteroatoms. The molecular formula is C11H13BrFN3O2. The number of hydrogen-bond acceptors (Lipinski definition) is 3. The smallest absolute Gasteiger partial charge is 0.252 e. The molecule has 0 saturated carbocycles. The molecule has 1 aromatic carbocycles. The molecule has 0 fully saturated rings. The second kappa shape index (κ2) is 5.81. The first-order valence-electron chi connectivity index (χ1n) is 5.15. The number of carbonyl (C=O) groups is 2. The summed E-state index contributed by atoms with van der Waals surface area (Å²) < 4.78 is 13.4. The summed E-state index contributed by atoms with van der Waals surface area (Å²) in [5.74, 6) is -1.58. The fourth-order valence-corrected chi connectivity index (χ4v) is 1.89. The monoisotopic (exact) mass is 317 g/mol. The van der Waals surface area contributed by atoms with Crippen LogP contribution in [0.5, 0.6) is 0 Å². The van der Waals surface area contributed by atoms with Crippen LogP contribution in [0, 0.1) is 5.82 Å². The highest BCUT2D eigenvalue weighted by molar-refractivity contribution is 9.10. The fraction of sp³-hybridized carbons (Fsp3) is 0.273. The number of nitrogen functional groups attached to an aromatic ring is 1. The van der Waals surface area contributed by atoms with Gasteiger partial charge < -0.3 is 16.8 Å². The summed E-state index contributed by atoms with van der Waals surface area (Å²) in [6.45, 7) is 1.64. The van der Waals surface area contributed by atoms with Gasteiger partial charge in [0.2, 0.25) is 5.91 Å². The molecule has 0 saturated heterocycles. The molecule has 5 N–H and O–H groups in total. The van der Waals surface area contributed by atoms with E-state index in [1.165, 1.54) is 6.07 Å². The number of halogens is 2. The number of hydrogen-bond donors (Lipinski definition) is 3. The van der Waals surface area contributed by atoms with Gasteiger partial charge in [-0.05, 0) is 35.0 Å². The largest absolute Gasteiger partial charge is 0.396 e. The van der Waals surface area contributed by atoms with Gasteiger partial charge in [-0.3, -0.25) is 9.59 Å². The summed E-state index contributed by atoms with van der Waals surface area (Å²) >= 11 is 3.07. The molecule has 0 aliphatic rings. The minimum Gasteiger partial charge on any atom is -0.396 e. The Morgan fingerprint density at radius 3 is 2.67 bits per heavy atom. The predicted octanol–water partition coefficient (Wildman–Crippen LogP) is 1.16. The van der Waals surface area contributed by atoms with Crippen molar-refractivity contribution in [2.75, 3.05) is 5.73 Å². The first-order chi connectivity index (χ1) is 8.31. The van der Waals surface area contributed by atoms with Crippen LogP contribution >= 0.6 is 15.9 Å². The number of amides is 2. The van der Waals surface area contributed by atoms with E-state index in [2.05, 4.69) is 21.2 Å². The van der Waals surface area contributed by atoms with E-state index in [-0.39, 0.29) is 22.1 Å². The third kappa shape index (κ3) is 3.69. The Labute approximate surface area is 112 Å². The van der Waals surface area contributed by atoms with Crippen molar-refractivity contribution in [3.63, 3.8) is 0 Å². The third-order valence-electron chi connectivity index (χ3n) is 2.22. The van der Waals surface area contributed by atoms with Gasteiger partial charge in [0, 0.05) is 16.9 Å². The summed E-state index contributed by atoms with van der Waals surface area (Å²) in [6, 6.07) is 1.93. The second-order valence-corrected chi connectivity index (χ2v) is 4.75. The highest BCUT2D eigenvalue weighted by Gasteiger charge is 2.16. The van der Waals surface area contributed by atoms with Gasteiger partial charge in [-0.25, -0.2) is 4.39 Å². The zero-order valence-electron chi connectivity index (χ0n) is 9.67. The molecule has 1 aromatic rings. The number of nitrogens with two attached hydrogens (primary N) is 2. The summed E-state index contributed by atoms with van der Waals surface area (Å²) in [4.78, 5) is 22.5. The molecule has 0 heterocycles. The van der Waals surface area contributed by atoms with Crippen LogP contribution in [-0.4, -0.2) is 17.9 Å². The molecule has 0 aliphatic heterocycles. The molecule has 2 amide bonds. The Balaban J connectivity index is 2.85. The maximum atomic E-state index is 13.1. The molecule has 1 rings (SSSR count). The summed E-state index contributed by atoms with van der Waals surface area (Å²) in [5, 5.41) is 2.57. The average molecular weight is 318 g/mol. The van der Waals surface area contributed by atoms with Gasteiger partial charge >= 0.3 is 0 Å². The van der Waals surface area contributed by atoms with E-state index >= 15 is 0 Å². The van der Waals surface area contributed by atoms with E-state index in [9.17, 15) is 14.0 Å². The van der Waals surface area contributed by atoms with Gasteiger partial charge in [-0.15, -0.1) is 0 Å². The topological polar surface area (TPSA) is 98.2 Å². The van der Waals surface area contributed by atoms with Gasteiger partial charge in [-0.2, -0.15) is 0 Å². The van der Waals surface area contributed by atoms with Crippen LogP contribution in [0.15, 0.2) is 16.6 Å². The molecule has 0 radical (unpaired) electrons. The molecule has 0 spiro atoms. The van der Waals surface area contributed by atoms with E-state index in [0.717, 1.165) is 6.07 Å². The molecule has 0 bridgehead atoms. The molecule has 0 aromatic heterocycles. The second-order valence-electron chi connectivity index (χ2n) is 3.90. The van der Waals surface area contributed by atoms with Gasteiger partial charge in [-0.1, -0.05) is 0 Å². The van der Waals surface area contributed by atoms with Crippen molar-refractivity contribution < 1.29 is 14.0 Å². The maximum absolute atomic E-state index is 13.1. The lowest BCUT2D eigenvalue weighted by Gasteiger charge is -2.13. The number of benzene rings is 1. The highest BCUT2D eigenvalue weighted by atomic mass is 79.9. The molecule has 5 nitrogen and oxygen atoms in total. The Hall–Kier alpha value is -1.63. The van der Waals surface area contributed by atoms with Crippen molar-refractivity contribution >= 4 is 33.4 Å². The normalized spacial score (nSPS) is 11.9. The number of carbonyl (C=O) groups excluding carboxylic acids is 2. The van der Waals surface area contributed by atoms with Gasteiger partial charge in [0.1, 0.15) is 5.82 Å². The molecule has 1 atom stereocenters. The van der Waals surface area contributed by atoms with Crippen LogP contribution < -0.4 is 16.8 Å². The van der Waals surface area contributed by atoms with E-state index in [0.29, 0.717) is 0 Å². The van der Waals surface area contributed by atoms with Crippen molar-refractivity contribution in [3.05, 3.63) is 28.0 Å². The molecule has 0 aliphatic carbocycles. The molecule has 98 valence electrons. The lowest BCUT2D eigenvalue weighted by molar-refractivity contribution is -0.118. The summed E-state index contributed by atoms with van der Waals surface area (Å²) in [7, 11) is 0. The van der Waals surface area contributed by atoms with Gasteiger partial charge in [0.25, 0.3) is 5.91 Å². The SMILES string of the molecule is CC(CC(N)=O)NC(=O)c1cc(N)c(F)cc1Br. The number of anilines is 1. The van der Waals surface area contributed by atoms with Crippen molar-refractivity contribution in [3.8, 4) is 0 Å². The van der Waals surface area contributed by atoms with Crippen molar-refractivity contribution in [1.29, 1.82) is 0 Å². The first kappa shape index (κ1) is 14.4. The number of nitrogens with one attached hydrogen (secondary N) is 1. The van der Waals surface area contributed by atoms with Crippen molar-refractivity contribution in [2.45, 2.75) is 19.4 Å². The molecule has 18 heavy (non-hydrogen) atoms. The van der Waals surface area contributed by atoms with Crippen LogP contribution in [0.4, 0.5) is 10.1 Å². The predicted molar refractivity (Wildman–Crippen MR) is 69.3 cm³/mol. The Bertz CT molecular complexity index is 493. The average Bonchev–Trinajstić information content (AvgIpc) is 2.21. The fourth-order valence-electron chi connectivity index (χ4n) is 1.39. The van der Waals surface area contributed by atoms with Crippen LogP contribution in [0.1, 0.15) is 23.7 Å². The molecule has 1 unspecified atom stereocenters. The Morgan fingerprint density at radius 2 is 2.11 bits per heavy atom. The number of rotatable bonds is 4. The van der Waals surface area contributed by atoms with Crippen LogP contribution in [0.2, 0.25) is 0 Å². The zero-order valence-corrected chi connectivity index (χ0v) is 11.3. The number of primary amides is 1. The summed E-state index contributed by atoms with van der Waals surface area (Å²) in [6.07, 6.45) is 0.0278. The minimum absolute atomic E-state index is 0.0278. The Kier molecular flexibility index (Phi) is 4.66. The van der Waals surface area contributed by atoms with Crippen molar-refractivity contribution in [2.24, 2.45) is 5.73 Å². The van der Waals surface area contributed by atoms with Crippen LogP contribution in [-0.2, 0) is 4.79 Å². The van der Waals surface area contributed by atoms with Gasteiger partial charge in [0.05, 0.1) is 11.3 Å². The minimum atomic E-state index is -0.608. The van der Waals surface area contributed by atoms with Crippen molar-refractivity contribution in [1.82, 2.24) is 5.32 Å². The standard InChI is InChI=1S/C11H13BrFN3O2/c1-5(2-10(15)17)16-11(18)6-3-9(14)8(13)4-7(6)12/h3-5H,2,14H2,1H3,(H2,15,17)(H,16,18). The van der Waals surface area contributed by atoms with E-state index < -0.39 is 23.7 Å². The quantitative estimate of drug-likeness (QED) is 0.727. The lowest BCUT2D eigenvalue weighted by atomic mass is 10.1. The third-order valence-corrected chi connectivity index (χ3v) is 2.87. The zero-order chi connectivity index (χ0) is 13.9. The van der Waals surface area contributed by atoms with E-state index in [1.807, 2.05) is 0 Å². The summed E-state index contributed by atoms with van der Waals surface area (Å²) in [5.41, 5.74) is 10.5.